The molecule has 0 saturated carbocycles. The lowest BCUT2D eigenvalue weighted by molar-refractivity contribution is -0.116. The van der Waals surface area contributed by atoms with Crippen molar-refractivity contribution < 1.29 is 14.3 Å². The Balaban J connectivity index is 1.83. The summed E-state index contributed by atoms with van der Waals surface area (Å²) in [4.78, 5) is 18.0. The molecule has 3 aromatic rings. The zero-order valence-electron chi connectivity index (χ0n) is 13.9. The van der Waals surface area contributed by atoms with Gasteiger partial charge in [-0.05, 0) is 23.6 Å². The number of nitrogens with zero attached hydrogens (tertiary/aromatic N) is 2. The normalized spacial score (nSPS) is 16.2. The van der Waals surface area contributed by atoms with E-state index in [1.807, 2.05) is 40.3 Å². The number of nitrogens with one attached hydrogen (secondary N) is 1. The fourth-order valence-electron chi connectivity index (χ4n) is 3.10. The van der Waals surface area contributed by atoms with Crippen LogP contribution in [-0.2, 0) is 4.79 Å². The van der Waals surface area contributed by atoms with Gasteiger partial charge in [0.1, 0.15) is 23.6 Å². The Bertz CT molecular complexity index is 918. The molecule has 3 heterocycles. The predicted molar refractivity (Wildman–Crippen MR) is 96.1 cm³/mol. The van der Waals surface area contributed by atoms with Crippen molar-refractivity contribution in [2.45, 2.75) is 12.3 Å². The zero-order valence-corrected chi connectivity index (χ0v) is 14.7. The third kappa shape index (κ3) is 2.66. The van der Waals surface area contributed by atoms with Gasteiger partial charge >= 0.3 is 0 Å². The number of amides is 1. The summed E-state index contributed by atoms with van der Waals surface area (Å²) in [6.07, 6.45) is 2.13. The van der Waals surface area contributed by atoms with Gasteiger partial charge in [0, 0.05) is 23.3 Å². The summed E-state index contributed by atoms with van der Waals surface area (Å²) >= 11 is 1.64. The first kappa shape index (κ1) is 15.7. The molecule has 25 heavy (non-hydrogen) atoms. The summed E-state index contributed by atoms with van der Waals surface area (Å²) in [5, 5.41) is 4.98. The Morgan fingerprint density at radius 1 is 1.28 bits per heavy atom. The van der Waals surface area contributed by atoms with Gasteiger partial charge in [-0.2, -0.15) is 0 Å². The van der Waals surface area contributed by atoms with E-state index in [1.165, 1.54) is 0 Å². The average molecular weight is 355 g/mol. The van der Waals surface area contributed by atoms with Crippen molar-refractivity contribution in [3.63, 3.8) is 0 Å². The number of methoxy groups -OCH3 is 2. The molecule has 4 rings (SSSR count). The van der Waals surface area contributed by atoms with E-state index in [-0.39, 0.29) is 11.8 Å². The number of carbonyl (C=O) groups excluding carboxylic acids is 1. The van der Waals surface area contributed by atoms with E-state index in [4.69, 9.17) is 9.47 Å². The van der Waals surface area contributed by atoms with Gasteiger partial charge in [-0.3, -0.25) is 9.36 Å². The highest BCUT2D eigenvalue weighted by molar-refractivity contribution is 7.10. The third-order valence-electron chi connectivity index (χ3n) is 4.31. The Hall–Kier alpha value is -2.80. The van der Waals surface area contributed by atoms with Gasteiger partial charge in [-0.25, -0.2) is 4.98 Å². The van der Waals surface area contributed by atoms with E-state index in [0.29, 0.717) is 23.7 Å². The van der Waals surface area contributed by atoms with Gasteiger partial charge in [-0.1, -0.05) is 6.07 Å². The molecule has 1 aliphatic rings. The highest BCUT2D eigenvalue weighted by Crippen LogP contribution is 2.40. The molecule has 7 heteroatoms. The van der Waals surface area contributed by atoms with E-state index in [2.05, 4.69) is 10.3 Å². The monoisotopic (exact) mass is 355 g/mol. The van der Waals surface area contributed by atoms with Crippen LogP contribution in [0, 0.1) is 0 Å². The zero-order chi connectivity index (χ0) is 17.4. The maximum atomic E-state index is 12.3. The molecule has 1 unspecified atom stereocenters. The van der Waals surface area contributed by atoms with Gasteiger partial charge in [0.05, 0.1) is 25.6 Å². The largest absolute Gasteiger partial charge is 0.497 e. The average Bonchev–Trinajstić information content (AvgIpc) is 3.30. The number of hydrogen-bond acceptors (Lipinski definition) is 5. The minimum atomic E-state index is -0.0192. The number of aromatic nitrogens is 2. The molecule has 0 radical (unpaired) electrons. The number of ether oxygens (including phenoxy) is 2. The van der Waals surface area contributed by atoms with Crippen LogP contribution < -0.4 is 14.8 Å². The van der Waals surface area contributed by atoms with E-state index in [9.17, 15) is 4.79 Å². The Morgan fingerprint density at radius 3 is 2.88 bits per heavy atom. The number of rotatable bonds is 4. The van der Waals surface area contributed by atoms with Crippen molar-refractivity contribution in [3.8, 4) is 17.2 Å². The van der Waals surface area contributed by atoms with Crippen LogP contribution in [0.25, 0.3) is 5.69 Å². The summed E-state index contributed by atoms with van der Waals surface area (Å²) < 4.78 is 12.6. The SMILES string of the molecule is COc1ccc(-n2cnc3c2NC(=O)CC3c2cccs2)c(OC)c1. The van der Waals surface area contributed by atoms with Crippen LogP contribution in [0.2, 0.25) is 0 Å². The minimum Gasteiger partial charge on any atom is -0.497 e. The molecule has 0 aliphatic carbocycles. The summed E-state index contributed by atoms with van der Waals surface area (Å²) in [6, 6.07) is 9.59. The molecule has 1 aliphatic heterocycles. The maximum absolute atomic E-state index is 12.3. The fraction of sp³-hybridized carbons (Fsp3) is 0.222. The Morgan fingerprint density at radius 2 is 2.16 bits per heavy atom. The fourth-order valence-corrected chi connectivity index (χ4v) is 3.93. The topological polar surface area (TPSA) is 65.4 Å². The van der Waals surface area contributed by atoms with E-state index < -0.39 is 0 Å². The van der Waals surface area contributed by atoms with Crippen molar-refractivity contribution >= 4 is 23.1 Å². The molecular formula is C18H17N3O3S. The predicted octanol–water partition coefficient (Wildman–Crippen LogP) is 3.43. The van der Waals surface area contributed by atoms with Crippen molar-refractivity contribution in [2.24, 2.45) is 0 Å². The molecule has 0 saturated heterocycles. The number of hydrogen-bond donors (Lipinski definition) is 1. The van der Waals surface area contributed by atoms with Crippen LogP contribution in [0.15, 0.2) is 42.0 Å². The van der Waals surface area contributed by atoms with Crippen molar-refractivity contribution in [1.29, 1.82) is 0 Å². The summed E-state index contributed by atoms with van der Waals surface area (Å²) in [6.45, 7) is 0. The Labute approximate surface area is 149 Å². The molecule has 0 fully saturated rings. The number of carbonyl (C=O) groups is 1. The lowest BCUT2D eigenvalue weighted by Gasteiger charge is -2.22. The first-order valence-corrected chi connectivity index (χ1v) is 8.72. The lowest BCUT2D eigenvalue weighted by Crippen LogP contribution is -2.24. The Kier molecular flexibility index (Phi) is 3.93. The number of benzene rings is 1. The van der Waals surface area contributed by atoms with E-state index in [1.54, 1.807) is 31.9 Å². The number of fused-ring (bicyclic) bond motifs is 1. The minimum absolute atomic E-state index is 0.0138. The van der Waals surface area contributed by atoms with Crippen LogP contribution in [0.1, 0.15) is 22.9 Å². The second-order valence-electron chi connectivity index (χ2n) is 5.71. The van der Waals surface area contributed by atoms with Crippen LogP contribution in [0.5, 0.6) is 11.5 Å². The highest BCUT2D eigenvalue weighted by atomic mass is 32.1. The molecule has 2 aromatic heterocycles. The number of anilines is 1. The maximum Gasteiger partial charge on any atom is 0.226 e. The van der Waals surface area contributed by atoms with E-state index >= 15 is 0 Å². The smallest absolute Gasteiger partial charge is 0.226 e. The van der Waals surface area contributed by atoms with Crippen molar-refractivity contribution in [1.82, 2.24) is 9.55 Å². The molecule has 6 nitrogen and oxygen atoms in total. The quantitative estimate of drug-likeness (QED) is 0.779. The van der Waals surface area contributed by atoms with Gasteiger partial charge in [0.2, 0.25) is 5.91 Å². The number of thiophene rings is 1. The summed E-state index contributed by atoms with van der Waals surface area (Å²) in [5.74, 6) is 2.01. The molecule has 1 N–H and O–H groups in total. The van der Waals surface area contributed by atoms with Gasteiger partial charge in [0.15, 0.2) is 0 Å². The third-order valence-corrected chi connectivity index (χ3v) is 5.29. The van der Waals surface area contributed by atoms with Crippen molar-refractivity contribution in [3.05, 3.63) is 52.6 Å². The molecule has 1 amide bonds. The first-order valence-electron chi connectivity index (χ1n) is 7.84. The van der Waals surface area contributed by atoms with Crippen LogP contribution in [0.4, 0.5) is 5.82 Å². The molecule has 0 spiro atoms. The van der Waals surface area contributed by atoms with Gasteiger partial charge < -0.3 is 14.8 Å². The van der Waals surface area contributed by atoms with E-state index in [0.717, 1.165) is 16.3 Å². The first-order chi connectivity index (χ1) is 12.2. The molecule has 0 bridgehead atoms. The lowest BCUT2D eigenvalue weighted by atomic mass is 9.96. The van der Waals surface area contributed by atoms with Gasteiger partial charge in [-0.15, -0.1) is 11.3 Å². The van der Waals surface area contributed by atoms with Crippen molar-refractivity contribution in [2.75, 3.05) is 19.5 Å². The summed E-state index contributed by atoms with van der Waals surface area (Å²) in [7, 11) is 3.22. The second-order valence-corrected chi connectivity index (χ2v) is 6.69. The summed E-state index contributed by atoms with van der Waals surface area (Å²) in [5.41, 5.74) is 1.67. The molecular weight excluding hydrogens is 338 g/mol. The molecule has 1 atom stereocenters. The molecule has 1 aromatic carbocycles. The highest BCUT2D eigenvalue weighted by Gasteiger charge is 2.32. The van der Waals surface area contributed by atoms with Crippen LogP contribution in [0.3, 0.4) is 0 Å². The second kappa shape index (κ2) is 6.25. The van der Waals surface area contributed by atoms with Gasteiger partial charge in [0.25, 0.3) is 0 Å². The van der Waals surface area contributed by atoms with Crippen LogP contribution in [-0.4, -0.2) is 29.7 Å². The molecule has 128 valence electrons. The van der Waals surface area contributed by atoms with Crippen LogP contribution >= 0.6 is 11.3 Å². The number of imidazole rings is 1. The standard InChI is InChI=1S/C18H17N3O3S/c1-23-11-5-6-13(14(8-11)24-2)21-10-19-17-12(15-4-3-7-25-15)9-16(22)20-18(17)21/h3-8,10,12H,9H2,1-2H3,(H,20,22).